The van der Waals surface area contributed by atoms with Gasteiger partial charge in [-0.3, -0.25) is 28.8 Å². The lowest BCUT2D eigenvalue weighted by Crippen LogP contribution is -2.52. The number of hydrogen-bond donors (Lipinski definition) is 7. The van der Waals surface area contributed by atoms with Crippen molar-refractivity contribution in [1.82, 2.24) is 41.5 Å². The second-order valence-corrected chi connectivity index (χ2v) is 19.5. The first-order valence-electron chi connectivity index (χ1n) is 25.5. The normalized spacial score (nSPS) is 16.8. The standard InChI is InChI=1S/C57H55FN8O12/c1-3-57(75)40-20-45-52-37(25-66(45)54(72)39(40)27-77-55(57)73)51-42(18-17-32-30(2)41(58)21-43(65-52)50(32)51)63-49(70)28-76-29-62-47(68)22-60-53(71)44(19-31-11-5-4-6-12-31)64-48(69)24-59-46(67)23-61-56(74)78-26-38-35-15-9-7-13-33(35)34-14-8-10-16-36(34)38/h4-16,20-21,38,42,44,75H,3,17-19,22-29H2,1-2H3,(H,59,67)(H,60,71)(H,61,74)(H,62,68)(H,63,70)(H,64,69)/t42?,44-,57-/m0/s1. The van der Waals surface area contributed by atoms with Gasteiger partial charge in [0.15, 0.2) is 5.60 Å². The smallest absolute Gasteiger partial charge is 0.407 e. The van der Waals surface area contributed by atoms with Crippen LogP contribution in [0.1, 0.15) is 81.8 Å². The van der Waals surface area contributed by atoms with Gasteiger partial charge in [-0.1, -0.05) is 85.8 Å². The largest absolute Gasteiger partial charge is 0.458 e. The van der Waals surface area contributed by atoms with Crippen LogP contribution in [0.5, 0.6) is 0 Å². The molecule has 7 N–H and O–H groups in total. The zero-order chi connectivity index (χ0) is 54.8. The van der Waals surface area contributed by atoms with Gasteiger partial charge in [-0.25, -0.2) is 19.0 Å². The average molecular weight is 1060 g/mol. The van der Waals surface area contributed by atoms with Gasteiger partial charge in [0.05, 0.1) is 48.1 Å². The summed E-state index contributed by atoms with van der Waals surface area (Å²) in [4.78, 5) is 110. The molecule has 402 valence electrons. The highest BCUT2D eigenvalue weighted by atomic mass is 19.1. The fraction of sp³-hybridized carbons (Fsp3) is 0.316. The van der Waals surface area contributed by atoms with E-state index in [2.05, 4.69) is 31.9 Å². The van der Waals surface area contributed by atoms with Crippen LogP contribution >= 0.6 is 0 Å². The number of fused-ring (bicyclic) bond motifs is 8. The molecule has 2 aliphatic heterocycles. The van der Waals surface area contributed by atoms with E-state index in [9.17, 15) is 43.5 Å². The van der Waals surface area contributed by atoms with Crippen molar-refractivity contribution in [1.29, 1.82) is 0 Å². The molecule has 4 heterocycles. The number of ether oxygens (including phenoxy) is 3. The van der Waals surface area contributed by atoms with Crippen molar-refractivity contribution in [3.63, 3.8) is 0 Å². The number of amides is 6. The first-order chi connectivity index (χ1) is 37.6. The molecule has 0 spiro atoms. The number of esters is 1. The molecule has 0 radical (unpaired) electrons. The highest BCUT2D eigenvalue weighted by molar-refractivity contribution is 5.95. The highest BCUT2D eigenvalue weighted by Gasteiger charge is 2.46. The summed E-state index contributed by atoms with van der Waals surface area (Å²) in [5, 5.41) is 27.4. The van der Waals surface area contributed by atoms with Gasteiger partial charge in [0.1, 0.15) is 45.0 Å². The lowest BCUT2D eigenvalue weighted by Gasteiger charge is -2.31. The van der Waals surface area contributed by atoms with Gasteiger partial charge in [-0.2, -0.15) is 0 Å². The number of benzene rings is 4. The Balaban J connectivity index is 0.700. The van der Waals surface area contributed by atoms with E-state index in [-0.39, 0.29) is 49.6 Å². The van der Waals surface area contributed by atoms with E-state index >= 15 is 4.39 Å². The average Bonchev–Trinajstić information content (AvgIpc) is 3.92. The SMILES string of the molecule is CC[C@@]1(O)C(=O)OCc2c1cc1n(c2=O)Cc2c-1nc1cc(F)c(C)c3c1c2C(NC(=O)COCNC(=O)CNC(=O)[C@H](Cc1ccccc1)NC(=O)CNC(=O)CNC(=O)OCC1c2ccccc2-c2ccccc21)CC3. The molecular weight excluding hydrogens is 1010 g/mol. The van der Waals surface area contributed by atoms with Crippen LogP contribution in [0.2, 0.25) is 0 Å². The molecule has 6 amide bonds. The number of hydrogen-bond acceptors (Lipinski definition) is 13. The van der Waals surface area contributed by atoms with E-state index in [1.807, 2.05) is 48.5 Å². The van der Waals surface area contributed by atoms with Crippen molar-refractivity contribution in [2.45, 2.75) is 76.3 Å². The van der Waals surface area contributed by atoms with E-state index in [1.54, 1.807) is 50.2 Å². The van der Waals surface area contributed by atoms with Crippen molar-refractivity contribution >= 4 is 52.5 Å². The summed E-state index contributed by atoms with van der Waals surface area (Å²) in [5.41, 5.74) is 6.10. The summed E-state index contributed by atoms with van der Waals surface area (Å²) in [6.07, 6.45) is -0.0415. The summed E-state index contributed by atoms with van der Waals surface area (Å²) in [7, 11) is 0. The maximum atomic E-state index is 15.4. The monoisotopic (exact) mass is 1060 g/mol. The third-order valence-corrected chi connectivity index (χ3v) is 14.9. The molecule has 2 aromatic heterocycles. The number of aromatic nitrogens is 2. The van der Waals surface area contributed by atoms with E-state index in [4.69, 9.17) is 19.2 Å². The molecule has 3 atom stereocenters. The molecule has 6 aromatic rings. The Labute approximate surface area is 445 Å². The van der Waals surface area contributed by atoms with Crippen LogP contribution in [0.4, 0.5) is 9.18 Å². The van der Waals surface area contributed by atoms with Crippen molar-refractivity contribution in [3.05, 3.63) is 157 Å². The van der Waals surface area contributed by atoms with Crippen LogP contribution < -0.4 is 37.5 Å². The van der Waals surface area contributed by atoms with E-state index in [1.165, 1.54) is 10.6 Å². The van der Waals surface area contributed by atoms with E-state index in [0.29, 0.717) is 57.4 Å². The predicted molar refractivity (Wildman–Crippen MR) is 279 cm³/mol. The van der Waals surface area contributed by atoms with Gasteiger partial charge in [0.2, 0.25) is 29.5 Å². The minimum Gasteiger partial charge on any atom is -0.458 e. The molecule has 0 saturated heterocycles. The number of pyridine rings is 2. The van der Waals surface area contributed by atoms with Crippen LogP contribution in [-0.4, -0.2) is 102 Å². The molecule has 2 aliphatic carbocycles. The van der Waals surface area contributed by atoms with Crippen molar-refractivity contribution in [3.8, 4) is 22.5 Å². The summed E-state index contributed by atoms with van der Waals surface area (Å²) in [5.74, 6) is -4.81. The van der Waals surface area contributed by atoms with Crippen LogP contribution in [0.3, 0.4) is 0 Å². The third-order valence-electron chi connectivity index (χ3n) is 14.9. The van der Waals surface area contributed by atoms with Crippen molar-refractivity contribution in [2.24, 2.45) is 0 Å². The molecule has 4 aliphatic rings. The first kappa shape index (κ1) is 52.6. The van der Waals surface area contributed by atoms with Gasteiger partial charge >= 0.3 is 12.1 Å². The van der Waals surface area contributed by atoms with E-state index in [0.717, 1.165) is 27.8 Å². The molecule has 0 saturated carbocycles. The number of aryl methyl sites for hydroxylation is 1. The van der Waals surface area contributed by atoms with E-state index < -0.39 is 104 Å². The number of nitrogens with zero attached hydrogens (tertiary/aromatic N) is 2. The Bertz CT molecular complexity index is 3470. The minimum atomic E-state index is -2.05. The van der Waals surface area contributed by atoms with Crippen LogP contribution in [-0.2, 0) is 74.6 Å². The topological polar surface area (TPSA) is 274 Å². The number of rotatable bonds is 18. The Morgan fingerprint density at radius 2 is 1.51 bits per heavy atom. The maximum Gasteiger partial charge on any atom is 0.407 e. The van der Waals surface area contributed by atoms with Crippen molar-refractivity contribution < 1.29 is 57.3 Å². The van der Waals surface area contributed by atoms with Crippen LogP contribution in [0.25, 0.3) is 33.4 Å². The second kappa shape index (κ2) is 22.0. The Kier molecular flexibility index (Phi) is 14.9. The number of alkyl carbamates (subject to hydrolysis) is 1. The summed E-state index contributed by atoms with van der Waals surface area (Å²) in [6.45, 7) is 0.642. The van der Waals surface area contributed by atoms with Gasteiger partial charge in [-0.05, 0) is 76.8 Å². The fourth-order valence-electron chi connectivity index (χ4n) is 10.9. The quantitative estimate of drug-likeness (QED) is 0.0370. The lowest BCUT2D eigenvalue weighted by atomic mass is 9.81. The van der Waals surface area contributed by atoms with Gasteiger partial charge < -0.3 is 55.8 Å². The number of cyclic esters (lactones) is 1. The number of carbonyl (C=O) groups excluding carboxylic acids is 7. The Hall–Kier alpha value is -8.82. The maximum absolute atomic E-state index is 15.4. The van der Waals surface area contributed by atoms with Gasteiger partial charge in [-0.15, -0.1) is 0 Å². The van der Waals surface area contributed by atoms with Gasteiger partial charge in [0.25, 0.3) is 5.56 Å². The van der Waals surface area contributed by atoms with Crippen LogP contribution in [0.15, 0.2) is 95.8 Å². The molecule has 21 heteroatoms. The minimum absolute atomic E-state index is 0.0423. The summed E-state index contributed by atoms with van der Waals surface area (Å²) >= 11 is 0. The lowest BCUT2D eigenvalue weighted by molar-refractivity contribution is -0.172. The molecule has 78 heavy (non-hydrogen) atoms. The Morgan fingerprint density at radius 3 is 2.24 bits per heavy atom. The third kappa shape index (κ3) is 10.3. The molecular formula is C57H55FN8O12. The number of carbonyl (C=O) groups is 7. The molecule has 10 rings (SSSR count). The zero-order valence-corrected chi connectivity index (χ0v) is 42.6. The number of halogens is 1. The summed E-state index contributed by atoms with van der Waals surface area (Å²) < 4.78 is 33.1. The molecule has 0 bridgehead atoms. The Morgan fingerprint density at radius 1 is 0.833 bits per heavy atom. The molecule has 20 nitrogen and oxygen atoms in total. The van der Waals surface area contributed by atoms with Crippen molar-refractivity contribution in [2.75, 3.05) is 39.6 Å². The number of nitrogens with one attached hydrogen (secondary N) is 6. The zero-order valence-electron chi connectivity index (χ0n) is 42.6. The molecule has 1 unspecified atom stereocenters. The number of aliphatic hydroxyl groups is 1. The first-order valence-corrected chi connectivity index (χ1v) is 25.5. The van der Waals surface area contributed by atoms with Crippen LogP contribution in [0, 0.1) is 12.7 Å². The molecule has 4 aromatic carbocycles. The summed E-state index contributed by atoms with van der Waals surface area (Å²) in [6, 6.07) is 25.7. The highest BCUT2D eigenvalue weighted by Crippen LogP contribution is 2.47. The molecule has 0 fully saturated rings. The second-order valence-electron chi connectivity index (χ2n) is 19.5. The predicted octanol–water partition coefficient (Wildman–Crippen LogP) is 3.22. The van der Waals surface area contributed by atoms with Gasteiger partial charge in [0, 0.05) is 34.9 Å². The fourth-order valence-corrected chi connectivity index (χ4v) is 10.9.